The molecule has 4 nitrogen and oxygen atoms in total. The van der Waals surface area contributed by atoms with Gasteiger partial charge in [-0.2, -0.15) is 0 Å². The molecule has 86 valence electrons. The van der Waals surface area contributed by atoms with Gasteiger partial charge in [-0.25, -0.2) is 4.98 Å². The Bertz CT molecular complexity index is 441. The van der Waals surface area contributed by atoms with E-state index in [0.717, 1.165) is 25.5 Å². The zero-order valence-electron chi connectivity index (χ0n) is 9.85. The maximum absolute atomic E-state index is 4.33. The van der Waals surface area contributed by atoms with Crippen LogP contribution < -0.4 is 5.32 Å². The Hall–Kier alpha value is -1.55. The third-order valence-corrected chi connectivity index (χ3v) is 2.71. The Balaban J connectivity index is 2.09. The van der Waals surface area contributed by atoms with Gasteiger partial charge in [0.05, 0.1) is 6.54 Å². The Kier molecular flexibility index (Phi) is 3.41. The second-order valence-corrected chi connectivity index (χ2v) is 3.86. The summed E-state index contributed by atoms with van der Waals surface area (Å²) in [7, 11) is 2.02. The highest BCUT2D eigenvalue weighted by molar-refractivity contribution is 5.09. The minimum absolute atomic E-state index is 0.831. The van der Waals surface area contributed by atoms with Gasteiger partial charge in [0.2, 0.25) is 0 Å². The monoisotopic (exact) mass is 218 g/mol. The maximum Gasteiger partial charge on any atom is 0.128 e. The molecule has 0 radical (unpaired) electrons. The summed E-state index contributed by atoms with van der Waals surface area (Å²) in [6.45, 7) is 4.85. The van der Waals surface area contributed by atoms with Gasteiger partial charge in [-0.1, -0.05) is 6.92 Å². The molecule has 4 heteroatoms. The van der Waals surface area contributed by atoms with Crippen molar-refractivity contribution in [2.45, 2.75) is 20.0 Å². The molecular weight excluding hydrogens is 200 g/mol. The lowest BCUT2D eigenvalue weighted by molar-refractivity contribution is 0.631. The smallest absolute Gasteiger partial charge is 0.128 e. The lowest BCUT2D eigenvalue weighted by Crippen LogP contribution is -2.16. The summed E-state index contributed by atoms with van der Waals surface area (Å²) in [6, 6.07) is 4.22. The van der Waals surface area contributed by atoms with Gasteiger partial charge in [0.25, 0.3) is 0 Å². The number of imidazole rings is 1. The summed E-state index contributed by atoms with van der Waals surface area (Å²) in [5.74, 6) is 1.08. The van der Waals surface area contributed by atoms with Crippen molar-refractivity contribution >= 4 is 0 Å². The van der Waals surface area contributed by atoms with Crippen LogP contribution in [0.25, 0.3) is 0 Å². The Morgan fingerprint density at radius 2 is 2.25 bits per heavy atom. The quantitative estimate of drug-likeness (QED) is 0.822. The van der Waals surface area contributed by atoms with Crippen LogP contribution in [0.5, 0.6) is 0 Å². The maximum atomic E-state index is 4.33. The zero-order chi connectivity index (χ0) is 11.4. The highest BCUT2D eigenvalue weighted by Gasteiger charge is 2.04. The fourth-order valence-corrected chi connectivity index (χ4v) is 1.72. The summed E-state index contributed by atoms with van der Waals surface area (Å²) in [4.78, 5) is 4.33. The second kappa shape index (κ2) is 4.99. The van der Waals surface area contributed by atoms with Crippen LogP contribution in [0.3, 0.4) is 0 Å². The van der Waals surface area contributed by atoms with Crippen molar-refractivity contribution in [2.24, 2.45) is 7.05 Å². The van der Waals surface area contributed by atoms with Crippen molar-refractivity contribution in [3.63, 3.8) is 0 Å². The first-order valence-electron chi connectivity index (χ1n) is 5.62. The summed E-state index contributed by atoms with van der Waals surface area (Å²) < 4.78 is 4.28. The number of hydrogen-bond acceptors (Lipinski definition) is 2. The van der Waals surface area contributed by atoms with Crippen LogP contribution in [0.15, 0.2) is 30.7 Å². The average Bonchev–Trinajstić information content (AvgIpc) is 2.87. The Morgan fingerprint density at radius 1 is 1.38 bits per heavy atom. The molecule has 0 aliphatic heterocycles. The van der Waals surface area contributed by atoms with Crippen LogP contribution in [-0.4, -0.2) is 20.7 Å². The normalized spacial score (nSPS) is 10.9. The first kappa shape index (κ1) is 11.0. The van der Waals surface area contributed by atoms with E-state index in [1.807, 2.05) is 19.4 Å². The van der Waals surface area contributed by atoms with Crippen LogP contribution in [0.4, 0.5) is 0 Å². The van der Waals surface area contributed by atoms with E-state index in [0.29, 0.717) is 0 Å². The van der Waals surface area contributed by atoms with Crippen molar-refractivity contribution in [2.75, 3.05) is 6.54 Å². The third kappa shape index (κ3) is 2.33. The molecule has 2 rings (SSSR count). The molecule has 0 spiro atoms. The van der Waals surface area contributed by atoms with Gasteiger partial charge in [0.1, 0.15) is 5.82 Å². The first-order chi connectivity index (χ1) is 7.81. The van der Waals surface area contributed by atoms with E-state index in [1.54, 1.807) is 0 Å². The lowest BCUT2D eigenvalue weighted by atomic mass is 10.4. The van der Waals surface area contributed by atoms with Gasteiger partial charge in [0, 0.05) is 37.9 Å². The van der Waals surface area contributed by atoms with Crippen molar-refractivity contribution in [1.82, 2.24) is 19.4 Å². The molecule has 0 aliphatic carbocycles. The fraction of sp³-hybridized carbons (Fsp3) is 0.417. The molecule has 0 aromatic carbocycles. The molecular formula is C12H18N4. The number of aromatic nitrogens is 3. The highest BCUT2D eigenvalue weighted by atomic mass is 15.1. The molecule has 2 heterocycles. The van der Waals surface area contributed by atoms with Crippen LogP contribution >= 0.6 is 0 Å². The van der Waals surface area contributed by atoms with Crippen LogP contribution in [0.1, 0.15) is 18.4 Å². The standard InChI is InChI=1S/C12H18N4/c1-3-13-9-11-5-4-7-16(11)10-12-14-6-8-15(12)2/h4-8,13H,3,9-10H2,1-2H3. The predicted molar refractivity (Wildman–Crippen MR) is 64.1 cm³/mol. The van der Waals surface area contributed by atoms with Crippen LogP contribution in [0, 0.1) is 0 Å². The van der Waals surface area contributed by atoms with Crippen molar-refractivity contribution in [3.8, 4) is 0 Å². The number of aryl methyl sites for hydroxylation is 1. The van der Waals surface area contributed by atoms with Crippen molar-refractivity contribution < 1.29 is 0 Å². The molecule has 0 unspecified atom stereocenters. The van der Waals surface area contributed by atoms with E-state index in [-0.39, 0.29) is 0 Å². The van der Waals surface area contributed by atoms with Crippen LogP contribution in [0.2, 0.25) is 0 Å². The zero-order valence-corrected chi connectivity index (χ0v) is 9.85. The van der Waals surface area contributed by atoms with E-state index in [9.17, 15) is 0 Å². The van der Waals surface area contributed by atoms with Crippen LogP contribution in [-0.2, 0) is 20.1 Å². The SMILES string of the molecule is CCNCc1cccn1Cc1nccn1C. The fourth-order valence-electron chi connectivity index (χ4n) is 1.72. The van der Waals surface area contributed by atoms with Crippen molar-refractivity contribution in [3.05, 3.63) is 42.2 Å². The van der Waals surface area contributed by atoms with Gasteiger partial charge in [-0.05, 0) is 18.7 Å². The summed E-state index contributed by atoms with van der Waals surface area (Å²) in [5, 5.41) is 3.34. The minimum atomic E-state index is 0.831. The third-order valence-electron chi connectivity index (χ3n) is 2.71. The number of hydrogen-bond donors (Lipinski definition) is 1. The summed E-state index contributed by atoms with van der Waals surface area (Å²) in [6.07, 6.45) is 5.91. The topological polar surface area (TPSA) is 34.8 Å². The van der Waals surface area contributed by atoms with Gasteiger partial charge < -0.3 is 14.5 Å². The van der Waals surface area contributed by atoms with E-state index < -0.39 is 0 Å². The molecule has 16 heavy (non-hydrogen) atoms. The summed E-state index contributed by atoms with van der Waals surface area (Å²) >= 11 is 0. The van der Waals surface area contributed by atoms with Gasteiger partial charge in [0.15, 0.2) is 0 Å². The number of nitrogens with one attached hydrogen (secondary N) is 1. The molecule has 0 atom stereocenters. The number of nitrogens with zero attached hydrogens (tertiary/aromatic N) is 3. The van der Waals surface area contributed by atoms with Gasteiger partial charge in [-0.15, -0.1) is 0 Å². The van der Waals surface area contributed by atoms with E-state index in [4.69, 9.17) is 0 Å². The van der Waals surface area contributed by atoms with E-state index in [2.05, 4.69) is 44.7 Å². The Labute approximate surface area is 95.9 Å². The average molecular weight is 218 g/mol. The lowest BCUT2D eigenvalue weighted by Gasteiger charge is -2.09. The van der Waals surface area contributed by atoms with Gasteiger partial charge >= 0.3 is 0 Å². The molecule has 1 N–H and O–H groups in total. The van der Waals surface area contributed by atoms with E-state index in [1.165, 1.54) is 5.69 Å². The molecule has 2 aromatic heterocycles. The highest BCUT2D eigenvalue weighted by Crippen LogP contribution is 2.06. The molecule has 0 saturated carbocycles. The Morgan fingerprint density at radius 3 is 2.94 bits per heavy atom. The van der Waals surface area contributed by atoms with E-state index >= 15 is 0 Å². The molecule has 0 aliphatic rings. The molecule has 0 fully saturated rings. The molecule has 0 bridgehead atoms. The van der Waals surface area contributed by atoms with Crippen molar-refractivity contribution in [1.29, 1.82) is 0 Å². The molecule has 2 aromatic rings. The number of rotatable bonds is 5. The second-order valence-electron chi connectivity index (χ2n) is 3.86. The molecule has 0 saturated heterocycles. The van der Waals surface area contributed by atoms with Gasteiger partial charge in [-0.3, -0.25) is 0 Å². The first-order valence-corrected chi connectivity index (χ1v) is 5.62. The predicted octanol–water partition coefficient (Wildman–Crippen LogP) is 1.38. The minimum Gasteiger partial charge on any atom is -0.343 e. The molecule has 0 amide bonds. The summed E-state index contributed by atoms with van der Waals surface area (Å²) in [5.41, 5.74) is 1.30. The largest absolute Gasteiger partial charge is 0.343 e.